The molecular formula is C12H12N2O. The molecule has 3 nitrogen and oxygen atoms in total. The first-order chi connectivity index (χ1) is 7.31. The minimum Gasteiger partial charge on any atom is -0.292 e. The number of ketones is 1. The number of para-hydroxylation sites is 2. The Bertz CT molecular complexity index is 494. The number of carbonyl (C=O) groups excluding carboxylic acids is 1. The summed E-state index contributed by atoms with van der Waals surface area (Å²) >= 11 is 0. The number of nitrogens with zero attached hydrogens (tertiary/aromatic N) is 2. The topological polar surface area (TPSA) is 42.9 Å². The zero-order chi connectivity index (χ0) is 10.7. The number of Topliss-reactive ketones (excluding diaryl/α,β-unsaturated/α-hetero) is 1. The molecule has 0 unspecified atom stereocenters. The van der Waals surface area contributed by atoms with Crippen molar-refractivity contribution in [2.75, 3.05) is 0 Å². The van der Waals surface area contributed by atoms with Crippen LogP contribution in [0, 0.1) is 0 Å². The SMILES string of the molecule is CCCC(=O)c1cnc2ccccc2n1. The van der Waals surface area contributed by atoms with Crippen LogP contribution in [0.15, 0.2) is 30.5 Å². The molecule has 0 N–H and O–H groups in total. The number of fused-ring (bicyclic) bond motifs is 1. The van der Waals surface area contributed by atoms with Gasteiger partial charge in [0.15, 0.2) is 5.78 Å². The van der Waals surface area contributed by atoms with Crippen molar-refractivity contribution < 1.29 is 4.79 Å². The zero-order valence-electron chi connectivity index (χ0n) is 8.60. The van der Waals surface area contributed by atoms with Crippen molar-refractivity contribution in [3.63, 3.8) is 0 Å². The molecule has 3 heteroatoms. The average molecular weight is 200 g/mol. The first kappa shape index (κ1) is 9.77. The summed E-state index contributed by atoms with van der Waals surface area (Å²) in [5.41, 5.74) is 2.07. The summed E-state index contributed by atoms with van der Waals surface area (Å²) in [4.78, 5) is 20.1. The van der Waals surface area contributed by atoms with Gasteiger partial charge in [0.25, 0.3) is 0 Å². The van der Waals surface area contributed by atoms with Crippen LogP contribution >= 0.6 is 0 Å². The second kappa shape index (κ2) is 4.17. The summed E-state index contributed by atoms with van der Waals surface area (Å²) in [6.07, 6.45) is 2.93. The number of rotatable bonds is 3. The van der Waals surface area contributed by atoms with Crippen molar-refractivity contribution in [2.24, 2.45) is 0 Å². The third kappa shape index (κ3) is 2.01. The largest absolute Gasteiger partial charge is 0.292 e. The number of benzene rings is 1. The van der Waals surface area contributed by atoms with Gasteiger partial charge in [0.1, 0.15) is 5.69 Å². The Morgan fingerprint density at radius 2 is 2.00 bits per heavy atom. The van der Waals surface area contributed by atoms with Crippen LogP contribution < -0.4 is 0 Å². The molecule has 0 saturated heterocycles. The maximum Gasteiger partial charge on any atom is 0.182 e. The van der Waals surface area contributed by atoms with E-state index in [0.29, 0.717) is 12.1 Å². The minimum atomic E-state index is 0.0655. The first-order valence-corrected chi connectivity index (χ1v) is 5.06. The van der Waals surface area contributed by atoms with Crippen LogP contribution in [-0.4, -0.2) is 15.8 Å². The van der Waals surface area contributed by atoms with Crippen LogP contribution in [0.5, 0.6) is 0 Å². The molecule has 0 spiro atoms. The molecule has 0 aliphatic carbocycles. The smallest absolute Gasteiger partial charge is 0.182 e. The molecule has 0 saturated carbocycles. The van der Waals surface area contributed by atoms with Gasteiger partial charge in [0.05, 0.1) is 17.2 Å². The van der Waals surface area contributed by atoms with Crippen molar-refractivity contribution in [3.05, 3.63) is 36.2 Å². The Morgan fingerprint density at radius 3 is 2.73 bits per heavy atom. The second-order valence-electron chi connectivity index (χ2n) is 3.42. The van der Waals surface area contributed by atoms with Gasteiger partial charge in [-0.2, -0.15) is 0 Å². The summed E-state index contributed by atoms with van der Waals surface area (Å²) in [5.74, 6) is 0.0655. The predicted octanol–water partition coefficient (Wildman–Crippen LogP) is 2.61. The van der Waals surface area contributed by atoms with E-state index in [2.05, 4.69) is 9.97 Å². The highest BCUT2D eigenvalue weighted by atomic mass is 16.1. The molecule has 0 fully saturated rings. The lowest BCUT2D eigenvalue weighted by Crippen LogP contribution is -2.02. The van der Waals surface area contributed by atoms with E-state index in [1.54, 1.807) is 6.20 Å². The maximum absolute atomic E-state index is 11.6. The lowest BCUT2D eigenvalue weighted by molar-refractivity contribution is 0.0977. The summed E-state index contributed by atoms with van der Waals surface area (Å²) in [5, 5.41) is 0. The molecule has 2 rings (SSSR count). The van der Waals surface area contributed by atoms with Gasteiger partial charge in [-0.15, -0.1) is 0 Å². The van der Waals surface area contributed by atoms with Crippen LogP contribution in [0.2, 0.25) is 0 Å². The van der Waals surface area contributed by atoms with E-state index in [1.165, 1.54) is 0 Å². The fourth-order valence-electron chi connectivity index (χ4n) is 1.45. The van der Waals surface area contributed by atoms with Crippen molar-refractivity contribution >= 4 is 16.8 Å². The summed E-state index contributed by atoms with van der Waals surface area (Å²) < 4.78 is 0. The van der Waals surface area contributed by atoms with Crippen molar-refractivity contribution in [1.29, 1.82) is 0 Å². The summed E-state index contributed by atoms with van der Waals surface area (Å²) in [7, 11) is 0. The number of hydrogen-bond acceptors (Lipinski definition) is 3. The van der Waals surface area contributed by atoms with E-state index < -0.39 is 0 Å². The monoisotopic (exact) mass is 200 g/mol. The third-order valence-corrected chi connectivity index (χ3v) is 2.21. The van der Waals surface area contributed by atoms with Gasteiger partial charge in [-0.3, -0.25) is 9.78 Å². The van der Waals surface area contributed by atoms with Crippen LogP contribution in [-0.2, 0) is 0 Å². The fourth-order valence-corrected chi connectivity index (χ4v) is 1.45. The van der Waals surface area contributed by atoms with E-state index in [0.717, 1.165) is 17.5 Å². The van der Waals surface area contributed by atoms with Gasteiger partial charge in [0, 0.05) is 6.42 Å². The molecule has 0 atom stereocenters. The van der Waals surface area contributed by atoms with E-state index in [1.807, 2.05) is 31.2 Å². The standard InChI is InChI=1S/C12H12N2O/c1-2-5-12(15)11-8-13-9-6-3-4-7-10(9)14-11/h3-4,6-8H,2,5H2,1H3. The van der Waals surface area contributed by atoms with E-state index in [-0.39, 0.29) is 5.78 Å². The molecule has 1 heterocycles. The Balaban J connectivity index is 2.42. The molecule has 0 aliphatic rings. The summed E-state index contributed by atoms with van der Waals surface area (Å²) in [6, 6.07) is 7.55. The molecule has 15 heavy (non-hydrogen) atoms. The van der Waals surface area contributed by atoms with Gasteiger partial charge < -0.3 is 0 Å². The first-order valence-electron chi connectivity index (χ1n) is 5.06. The minimum absolute atomic E-state index is 0.0655. The average Bonchev–Trinajstić information content (AvgIpc) is 2.29. The van der Waals surface area contributed by atoms with Crippen LogP contribution in [0.25, 0.3) is 11.0 Å². The Hall–Kier alpha value is -1.77. The molecule has 2 aromatic rings. The van der Waals surface area contributed by atoms with E-state index >= 15 is 0 Å². The van der Waals surface area contributed by atoms with Crippen LogP contribution in [0.3, 0.4) is 0 Å². The Kier molecular flexibility index (Phi) is 2.72. The highest BCUT2D eigenvalue weighted by Gasteiger charge is 2.07. The van der Waals surface area contributed by atoms with Gasteiger partial charge >= 0.3 is 0 Å². The zero-order valence-corrected chi connectivity index (χ0v) is 8.60. The normalized spacial score (nSPS) is 10.5. The van der Waals surface area contributed by atoms with Gasteiger partial charge in [0.2, 0.25) is 0 Å². The molecular weight excluding hydrogens is 188 g/mol. The fraction of sp³-hybridized carbons (Fsp3) is 0.250. The quantitative estimate of drug-likeness (QED) is 0.715. The predicted molar refractivity (Wildman–Crippen MR) is 58.8 cm³/mol. The van der Waals surface area contributed by atoms with E-state index in [4.69, 9.17) is 0 Å². The maximum atomic E-state index is 11.6. The van der Waals surface area contributed by atoms with Crippen molar-refractivity contribution in [3.8, 4) is 0 Å². The van der Waals surface area contributed by atoms with Crippen LogP contribution in [0.4, 0.5) is 0 Å². The molecule has 76 valence electrons. The van der Waals surface area contributed by atoms with Gasteiger partial charge in [-0.1, -0.05) is 19.1 Å². The van der Waals surface area contributed by atoms with Crippen LogP contribution in [0.1, 0.15) is 30.3 Å². The number of carbonyl (C=O) groups is 1. The number of hydrogen-bond donors (Lipinski definition) is 0. The highest BCUT2D eigenvalue weighted by molar-refractivity contribution is 5.95. The molecule has 1 aromatic carbocycles. The molecule has 0 aliphatic heterocycles. The third-order valence-electron chi connectivity index (χ3n) is 2.21. The van der Waals surface area contributed by atoms with E-state index in [9.17, 15) is 4.79 Å². The lowest BCUT2D eigenvalue weighted by Gasteiger charge is -2.00. The highest BCUT2D eigenvalue weighted by Crippen LogP contribution is 2.09. The lowest BCUT2D eigenvalue weighted by atomic mass is 10.2. The van der Waals surface area contributed by atoms with Gasteiger partial charge in [-0.05, 0) is 18.6 Å². The second-order valence-corrected chi connectivity index (χ2v) is 3.42. The van der Waals surface area contributed by atoms with Gasteiger partial charge in [-0.25, -0.2) is 4.98 Å². The Labute approximate surface area is 88.2 Å². The molecule has 0 radical (unpaired) electrons. The van der Waals surface area contributed by atoms with Crippen molar-refractivity contribution in [2.45, 2.75) is 19.8 Å². The van der Waals surface area contributed by atoms with Crippen molar-refractivity contribution in [1.82, 2.24) is 9.97 Å². The molecule has 0 amide bonds. The number of aromatic nitrogens is 2. The molecule has 1 aromatic heterocycles. The Morgan fingerprint density at radius 1 is 1.27 bits per heavy atom. The summed E-state index contributed by atoms with van der Waals surface area (Å²) in [6.45, 7) is 1.98. The molecule has 0 bridgehead atoms.